The number of carbonyl (C=O) groups excluding carboxylic acids is 1. The molecule has 0 saturated heterocycles. The van der Waals surface area contributed by atoms with Crippen molar-refractivity contribution in [1.82, 2.24) is 10.2 Å². The largest absolute Gasteiger partial charge is 0.319 e. The predicted octanol–water partition coefficient (Wildman–Crippen LogP) is 2.25. The van der Waals surface area contributed by atoms with Gasteiger partial charge in [-0.2, -0.15) is 5.10 Å². The molecule has 6 heteroatoms. The van der Waals surface area contributed by atoms with Gasteiger partial charge in [0.25, 0.3) is 5.91 Å². The third-order valence-corrected chi connectivity index (χ3v) is 2.25. The number of hydrogen-bond donors (Lipinski definition) is 2. The van der Waals surface area contributed by atoms with Gasteiger partial charge in [-0.25, -0.2) is 8.78 Å². The van der Waals surface area contributed by atoms with E-state index >= 15 is 0 Å². The van der Waals surface area contributed by atoms with E-state index in [1.807, 2.05) is 0 Å². The van der Waals surface area contributed by atoms with Gasteiger partial charge in [-0.1, -0.05) is 0 Å². The first-order valence-electron chi connectivity index (χ1n) is 4.84. The smallest absolute Gasteiger partial charge is 0.259 e. The van der Waals surface area contributed by atoms with Crippen molar-refractivity contribution in [3.63, 3.8) is 0 Å². The highest BCUT2D eigenvalue weighted by atomic mass is 19.1. The van der Waals surface area contributed by atoms with Crippen molar-refractivity contribution in [3.8, 4) is 0 Å². The highest BCUT2D eigenvalue weighted by Gasteiger charge is 2.13. The van der Waals surface area contributed by atoms with E-state index in [0.29, 0.717) is 5.69 Å². The van der Waals surface area contributed by atoms with Gasteiger partial charge in [-0.15, -0.1) is 0 Å². The van der Waals surface area contributed by atoms with Crippen molar-refractivity contribution < 1.29 is 13.6 Å². The molecule has 0 radical (unpaired) electrons. The summed E-state index contributed by atoms with van der Waals surface area (Å²) in [6.45, 7) is 1.66. The number of amides is 1. The molecule has 1 amide bonds. The summed E-state index contributed by atoms with van der Waals surface area (Å²) in [5.41, 5.74) is 0.642. The molecule has 0 aliphatic heterocycles. The van der Waals surface area contributed by atoms with Crippen LogP contribution in [-0.2, 0) is 0 Å². The van der Waals surface area contributed by atoms with Crippen LogP contribution in [0.1, 0.15) is 16.1 Å². The number of benzene rings is 1. The van der Waals surface area contributed by atoms with Gasteiger partial charge < -0.3 is 5.32 Å². The number of H-pyrrole nitrogens is 1. The van der Waals surface area contributed by atoms with Crippen molar-refractivity contribution in [2.24, 2.45) is 0 Å². The number of carbonyl (C=O) groups is 1. The summed E-state index contributed by atoms with van der Waals surface area (Å²) < 4.78 is 26.2. The molecule has 0 unspecified atom stereocenters. The van der Waals surface area contributed by atoms with E-state index in [0.717, 1.165) is 18.2 Å². The molecule has 1 aromatic heterocycles. The van der Waals surface area contributed by atoms with Gasteiger partial charge in [0.15, 0.2) is 0 Å². The van der Waals surface area contributed by atoms with E-state index < -0.39 is 17.5 Å². The summed E-state index contributed by atoms with van der Waals surface area (Å²) in [6.07, 6.45) is 1.32. The first-order chi connectivity index (χ1) is 8.08. The molecule has 0 spiro atoms. The lowest BCUT2D eigenvalue weighted by atomic mass is 10.2. The maximum absolute atomic E-state index is 13.3. The second kappa shape index (κ2) is 4.32. The molecule has 1 aromatic carbocycles. The van der Waals surface area contributed by atoms with Gasteiger partial charge in [0.2, 0.25) is 0 Å². The predicted molar refractivity (Wildman–Crippen MR) is 57.6 cm³/mol. The molecule has 2 N–H and O–H groups in total. The van der Waals surface area contributed by atoms with Gasteiger partial charge in [-0.3, -0.25) is 9.89 Å². The van der Waals surface area contributed by atoms with Gasteiger partial charge >= 0.3 is 0 Å². The fourth-order valence-electron chi connectivity index (χ4n) is 1.36. The van der Waals surface area contributed by atoms with Crippen LogP contribution < -0.4 is 5.32 Å². The van der Waals surface area contributed by atoms with Crippen LogP contribution in [0.3, 0.4) is 0 Å². The fraction of sp³-hybridized carbons (Fsp3) is 0.0909. The van der Waals surface area contributed by atoms with Crippen LogP contribution >= 0.6 is 0 Å². The third kappa shape index (κ3) is 2.30. The first-order valence-corrected chi connectivity index (χ1v) is 4.84. The number of aromatic nitrogens is 2. The lowest BCUT2D eigenvalue weighted by molar-refractivity contribution is 0.102. The lowest BCUT2D eigenvalue weighted by Crippen LogP contribution is -2.13. The molecule has 0 aliphatic rings. The van der Waals surface area contributed by atoms with Crippen LogP contribution in [0.25, 0.3) is 0 Å². The summed E-state index contributed by atoms with van der Waals surface area (Å²) in [4.78, 5) is 11.7. The molecule has 2 rings (SSSR count). The summed E-state index contributed by atoms with van der Waals surface area (Å²) in [5.74, 6) is -1.85. The van der Waals surface area contributed by atoms with E-state index in [4.69, 9.17) is 0 Å². The Balaban J connectivity index is 2.24. The maximum Gasteiger partial charge on any atom is 0.259 e. The molecule has 0 atom stereocenters. The minimum absolute atomic E-state index is 0.199. The average Bonchev–Trinajstić information content (AvgIpc) is 2.70. The van der Waals surface area contributed by atoms with Crippen molar-refractivity contribution in [1.29, 1.82) is 0 Å². The summed E-state index contributed by atoms with van der Waals surface area (Å²) in [6, 6.07) is 2.85. The molecular formula is C11H9F2N3O. The molecular weight excluding hydrogens is 228 g/mol. The average molecular weight is 237 g/mol. The standard InChI is InChI=1S/C11H9F2N3O/c1-6-8(5-14-16-6)11(17)15-10-4-7(12)2-3-9(10)13/h2-5H,1H3,(H,14,16)(H,15,17). The molecule has 0 bridgehead atoms. The SMILES string of the molecule is Cc1[nH]ncc1C(=O)Nc1cc(F)ccc1F. The van der Waals surface area contributed by atoms with Crippen molar-refractivity contribution in [3.05, 3.63) is 47.3 Å². The molecule has 17 heavy (non-hydrogen) atoms. The maximum atomic E-state index is 13.3. The Bertz CT molecular complexity index is 566. The number of aryl methyl sites for hydroxylation is 1. The third-order valence-electron chi connectivity index (χ3n) is 2.25. The second-order valence-electron chi connectivity index (χ2n) is 3.49. The Morgan fingerprint density at radius 3 is 2.82 bits per heavy atom. The van der Waals surface area contributed by atoms with Crippen LogP contribution in [-0.4, -0.2) is 16.1 Å². The Morgan fingerprint density at radius 1 is 1.41 bits per heavy atom. The molecule has 2 aromatic rings. The summed E-state index contributed by atoms with van der Waals surface area (Å²) in [5, 5.41) is 8.53. The number of nitrogens with zero attached hydrogens (tertiary/aromatic N) is 1. The van der Waals surface area contributed by atoms with E-state index in [1.54, 1.807) is 6.92 Å². The molecule has 4 nitrogen and oxygen atoms in total. The quantitative estimate of drug-likeness (QED) is 0.841. The summed E-state index contributed by atoms with van der Waals surface area (Å²) >= 11 is 0. The van der Waals surface area contributed by atoms with Gasteiger partial charge in [-0.05, 0) is 19.1 Å². The minimum Gasteiger partial charge on any atom is -0.319 e. The fourth-order valence-corrected chi connectivity index (χ4v) is 1.36. The van der Waals surface area contributed by atoms with Crippen LogP contribution in [0.15, 0.2) is 24.4 Å². The number of rotatable bonds is 2. The number of nitrogens with one attached hydrogen (secondary N) is 2. The van der Waals surface area contributed by atoms with E-state index in [1.165, 1.54) is 6.20 Å². The molecule has 1 heterocycles. The molecule has 0 fully saturated rings. The summed E-state index contributed by atoms with van der Waals surface area (Å²) in [7, 11) is 0. The number of halogens is 2. The molecule has 88 valence electrons. The highest BCUT2D eigenvalue weighted by molar-refractivity contribution is 6.04. The molecule has 0 aliphatic carbocycles. The zero-order valence-electron chi connectivity index (χ0n) is 8.92. The number of aromatic amines is 1. The van der Waals surface area contributed by atoms with Crippen molar-refractivity contribution in [2.75, 3.05) is 5.32 Å². The lowest BCUT2D eigenvalue weighted by Gasteiger charge is -2.05. The van der Waals surface area contributed by atoms with Crippen LogP contribution in [0, 0.1) is 18.6 Å². The van der Waals surface area contributed by atoms with E-state index in [2.05, 4.69) is 15.5 Å². The first kappa shape index (κ1) is 11.3. The van der Waals surface area contributed by atoms with Crippen LogP contribution in [0.4, 0.5) is 14.5 Å². The van der Waals surface area contributed by atoms with Crippen molar-refractivity contribution >= 4 is 11.6 Å². The normalized spacial score (nSPS) is 10.3. The van der Waals surface area contributed by atoms with Gasteiger partial charge in [0, 0.05) is 11.8 Å². The Hall–Kier alpha value is -2.24. The Labute approximate surface area is 95.7 Å². The topological polar surface area (TPSA) is 57.8 Å². The zero-order valence-corrected chi connectivity index (χ0v) is 8.92. The highest BCUT2D eigenvalue weighted by Crippen LogP contribution is 2.16. The minimum atomic E-state index is -0.694. The van der Waals surface area contributed by atoms with Gasteiger partial charge in [0.05, 0.1) is 17.4 Å². The van der Waals surface area contributed by atoms with Crippen molar-refractivity contribution in [2.45, 2.75) is 6.92 Å². The van der Waals surface area contributed by atoms with E-state index in [-0.39, 0.29) is 11.3 Å². The van der Waals surface area contributed by atoms with Crippen LogP contribution in [0.2, 0.25) is 0 Å². The Morgan fingerprint density at radius 2 is 2.18 bits per heavy atom. The molecule has 0 saturated carbocycles. The monoisotopic (exact) mass is 237 g/mol. The van der Waals surface area contributed by atoms with Crippen LogP contribution in [0.5, 0.6) is 0 Å². The van der Waals surface area contributed by atoms with E-state index in [9.17, 15) is 13.6 Å². The Kier molecular flexibility index (Phi) is 2.86. The number of anilines is 1. The van der Waals surface area contributed by atoms with Gasteiger partial charge in [0.1, 0.15) is 11.6 Å². The zero-order chi connectivity index (χ0) is 12.4. The second-order valence-corrected chi connectivity index (χ2v) is 3.49. The number of hydrogen-bond acceptors (Lipinski definition) is 2.